The number of allylic oxidation sites excluding steroid dienone is 14. The fourth-order valence-corrected chi connectivity index (χ4v) is 9.63. The molecule has 0 spiro atoms. The predicted molar refractivity (Wildman–Crippen MR) is 339 cm³/mol. The van der Waals surface area contributed by atoms with Crippen LogP contribution < -0.4 is 0 Å². The second-order valence-electron chi connectivity index (χ2n) is 22.4. The van der Waals surface area contributed by atoms with Gasteiger partial charge in [0.25, 0.3) is 0 Å². The highest BCUT2D eigenvalue weighted by Gasteiger charge is 2.19. The zero-order valence-electron chi connectivity index (χ0n) is 51.7. The van der Waals surface area contributed by atoms with Gasteiger partial charge in [-0.3, -0.25) is 14.4 Å². The van der Waals surface area contributed by atoms with E-state index in [9.17, 15) is 14.4 Å². The molecular weight excluding hydrogens is 961 g/mol. The molecule has 0 aromatic heterocycles. The van der Waals surface area contributed by atoms with Crippen LogP contribution in [-0.4, -0.2) is 37.2 Å². The molecule has 0 aliphatic carbocycles. The van der Waals surface area contributed by atoms with E-state index in [-0.39, 0.29) is 37.5 Å². The number of ether oxygens (including phenoxy) is 3. The Bertz CT molecular complexity index is 1480. The number of rotatable bonds is 61. The molecular formula is C72H126O6. The maximum atomic E-state index is 12.9. The number of hydrogen-bond acceptors (Lipinski definition) is 6. The highest BCUT2D eigenvalue weighted by atomic mass is 16.6. The molecule has 0 aliphatic rings. The van der Waals surface area contributed by atoms with Gasteiger partial charge in [-0.1, -0.05) is 311 Å². The van der Waals surface area contributed by atoms with Gasteiger partial charge in [-0.25, -0.2) is 0 Å². The summed E-state index contributed by atoms with van der Waals surface area (Å²) in [6.45, 7) is 6.50. The molecule has 0 bridgehead atoms. The molecule has 0 saturated carbocycles. The lowest BCUT2D eigenvalue weighted by Crippen LogP contribution is -2.30. The SMILES string of the molecule is CC/C=C\C/C=C\C/C=C\C/C=C\C/C=C\CCCC(=O)OCC(COC(=O)CCCCCCCCCCCCCCCCCCCCCCCCCC)OC(=O)CCCCCCCCCCC/C=C\C/C=C\CCCCC. The Morgan fingerprint density at radius 2 is 0.513 bits per heavy atom. The van der Waals surface area contributed by atoms with Gasteiger partial charge in [0.15, 0.2) is 6.10 Å². The van der Waals surface area contributed by atoms with Gasteiger partial charge in [0.2, 0.25) is 0 Å². The zero-order chi connectivity index (χ0) is 56.4. The van der Waals surface area contributed by atoms with Crippen molar-refractivity contribution in [2.24, 2.45) is 0 Å². The first-order valence-corrected chi connectivity index (χ1v) is 33.6. The highest BCUT2D eigenvalue weighted by molar-refractivity contribution is 5.71. The van der Waals surface area contributed by atoms with Crippen LogP contribution >= 0.6 is 0 Å². The molecule has 0 amide bonds. The third-order valence-electron chi connectivity index (χ3n) is 14.6. The topological polar surface area (TPSA) is 78.9 Å². The Hall–Kier alpha value is -3.41. The van der Waals surface area contributed by atoms with Crippen molar-refractivity contribution < 1.29 is 28.6 Å². The number of carbonyl (C=O) groups is 3. The quantitative estimate of drug-likeness (QED) is 0.0261. The van der Waals surface area contributed by atoms with E-state index < -0.39 is 6.10 Å². The summed E-state index contributed by atoms with van der Waals surface area (Å²) in [6.07, 6.45) is 87.5. The third kappa shape index (κ3) is 63.4. The lowest BCUT2D eigenvalue weighted by molar-refractivity contribution is -0.167. The molecule has 0 rings (SSSR count). The smallest absolute Gasteiger partial charge is 0.306 e. The fourth-order valence-electron chi connectivity index (χ4n) is 9.63. The first-order chi connectivity index (χ1) is 38.5. The van der Waals surface area contributed by atoms with E-state index in [4.69, 9.17) is 14.2 Å². The summed E-state index contributed by atoms with van der Waals surface area (Å²) in [5.74, 6) is -0.942. The van der Waals surface area contributed by atoms with Gasteiger partial charge in [0, 0.05) is 19.3 Å². The first kappa shape index (κ1) is 74.6. The van der Waals surface area contributed by atoms with Crippen LogP contribution in [-0.2, 0) is 28.6 Å². The van der Waals surface area contributed by atoms with Gasteiger partial charge in [0.1, 0.15) is 13.2 Å². The summed E-state index contributed by atoms with van der Waals surface area (Å²) in [5.41, 5.74) is 0. The summed E-state index contributed by atoms with van der Waals surface area (Å²) in [7, 11) is 0. The molecule has 6 heteroatoms. The molecule has 0 aromatic carbocycles. The molecule has 0 aliphatic heterocycles. The molecule has 0 radical (unpaired) electrons. The second kappa shape index (κ2) is 66.1. The largest absolute Gasteiger partial charge is 0.462 e. The summed E-state index contributed by atoms with van der Waals surface area (Å²) in [5, 5.41) is 0. The molecule has 0 fully saturated rings. The van der Waals surface area contributed by atoms with Gasteiger partial charge in [-0.2, -0.15) is 0 Å². The summed E-state index contributed by atoms with van der Waals surface area (Å²) < 4.78 is 16.9. The van der Waals surface area contributed by atoms with E-state index in [0.29, 0.717) is 19.3 Å². The Labute approximate surface area is 484 Å². The Balaban J connectivity index is 4.38. The maximum absolute atomic E-state index is 12.9. The summed E-state index contributed by atoms with van der Waals surface area (Å²) >= 11 is 0. The van der Waals surface area contributed by atoms with Gasteiger partial charge >= 0.3 is 17.9 Å². The van der Waals surface area contributed by atoms with Crippen molar-refractivity contribution in [3.8, 4) is 0 Å². The van der Waals surface area contributed by atoms with Crippen LogP contribution in [0, 0.1) is 0 Å². The molecule has 78 heavy (non-hydrogen) atoms. The summed E-state index contributed by atoms with van der Waals surface area (Å²) in [4.78, 5) is 38.4. The minimum Gasteiger partial charge on any atom is -0.462 e. The molecule has 6 nitrogen and oxygen atoms in total. The van der Waals surface area contributed by atoms with Crippen LogP contribution in [0.25, 0.3) is 0 Å². The highest BCUT2D eigenvalue weighted by Crippen LogP contribution is 2.17. The molecule has 1 atom stereocenters. The lowest BCUT2D eigenvalue weighted by Gasteiger charge is -2.18. The van der Waals surface area contributed by atoms with Crippen LogP contribution in [0.3, 0.4) is 0 Å². The number of unbranched alkanes of at least 4 members (excludes halogenated alkanes) is 36. The standard InChI is InChI=1S/C72H126O6/c1-4-7-10-13-16-19-22-25-28-31-33-34-35-36-37-39-41-44-47-50-53-56-59-62-65-71(74)77-68-69(67-76-70(73)64-61-58-55-52-49-46-43-40-30-27-24-21-18-15-12-9-6-3)78-72(75)66-63-60-57-54-51-48-45-42-38-32-29-26-23-20-17-14-11-8-5-2/h9,12,17-18,20-21,26-27,29-30,43,46,52,55,69H,4-8,10-11,13-16,19,22-25,28,31-42,44-45,47-51,53-54,56-68H2,1-3H3/b12-9-,20-17-,21-18-,29-26-,30-27-,46-43-,55-52-. The fraction of sp³-hybridized carbons (Fsp3) is 0.764. The van der Waals surface area contributed by atoms with Gasteiger partial charge in [0.05, 0.1) is 0 Å². The first-order valence-electron chi connectivity index (χ1n) is 33.6. The van der Waals surface area contributed by atoms with Crippen molar-refractivity contribution in [2.45, 2.75) is 341 Å². The molecule has 0 heterocycles. The summed E-state index contributed by atoms with van der Waals surface area (Å²) in [6, 6.07) is 0. The van der Waals surface area contributed by atoms with E-state index in [2.05, 4.69) is 106 Å². The van der Waals surface area contributed by atoms with E-state index in [1.54, 1.807) is 0 Å². The number of hydrogen-bond donors (Lipinski definition) is 0. The van der Waals surface area contributed by atoms with Crippen molar-refractivity contribution in [2.75, 3.05) is 13.2 Å². The molecule has 0 saturated heterocycles. The minimum atomic E-state index is -0.803. The molecule has 450 valence electrons. The molecule has 0 N–H and O–H groups in total. The second-order valence-corrected chi connectivity index (χ2v) is 22.4. The number of esters is 3. The van der Waals surface area contributed by atoms with Crippen molar-refractivity contribution in [1.29, 1.82) is 0 Å². The van der Waals surface area contributed by atoms with Crippen LogP contribution in [0.5, 0.6) is 0 Å². The van der Waals surface area contributed by atoms with Crippen LogP contribution in [0.4, 0.5) is 0 Å². The van der Waals surface area contributed by atoms with Gasteiger partial charge < -0.3 is 14.2 Å². The van der Waals surface area contributed by atoms with Crippen molar-refractivity contribution in [1.82, 2.24) is 0 Å². The van der Waals surface area contributed by atoms with E-state index in [1.807, 2.05) is 0 Å². The predicted octanol–water partition coefficient (Wildman–Crippen LogP) is 23.1. The maximum Gasteiger partial charge on any atom is 0.306 e. The van der Waals surface area contributed by atoms with E-state index in [0.717, 1.165) is 83.5 Å². The van der Waals surface area contributed by atoms with Crippen molar-refractivity contribution >= 4 is 17.9 Å². The molecule has 1 unspecified atom stereocenters. The minimum absolute atomic E-state index is 0.0931. The van der Waals surface area contributed by atoms with Crippen LogP contribution in [0.2, 0.25) is 0 Å². The zero-order valence-corrected chi connectivity index (χ0v) is 51.7. The van der Waals surface area contributed by atoms with Gasteiger partial charge in [-0.05, 0) is 89.9 Å². The van der Waals surface area contributed by atoms with E-state index in [1.165, 1.54) is 205 Å². The van der Waals surface area contributed by atoms with Crippen LogP contribution in [0.15, 0.2) is 85.1 Å². The average molecular weight is 1090 g/mol. The monoisotopic (exact) mass is 1090 g/mol. The Morgan fingerprint density at radius 1 is 0.269 bits per heavy atom. The number of carbonyl (C=O) groups excluding carboxylic acids is 3. The Kier molecular flexibility index (Phi) is 63.2. The lowest BCUT2D eigenvalue weighted by atomic mass is 10.0. The Morgan fingerprint density at radius 3 is 0.859 bits per heavy atom. The van der Waals surface area contributed by atoms with Gasteiger partial charge in [-0.15, -0.1) is 0 Å². The van der Waals surface area contributed by atoms with Crippen LogP contribution in [0.1, 0.15) is 335 Å². The normalized spacial score (nSPS) is 12.6. The van der Waals surface area contributed by atoms with E-state index >= 15 is 0 Å². The third-order valence-corrected chi connectivity index (χ3v) is 14.6. The van der Waals surface area contributed by atoms with Crippen molar-refractivity contribution in [3.63, 3.8) is 0 Å². The average Bonchev–Trinajstić information content (AvgIpc) is 3.44. The van der Waals surface area contributed by atoms with Crippen molar-refractivity contribution in [3.05, 3.63) is 85.1 Å². The molecule has 0 aromatic rings.